The smallest absolute Gasteiger partial charge is 0.251 e. The third-order valence-corrected chi connectivity index (χ3v) is 4.95. The van der Waals surface area contributed by atoms with Crippen molar-refractivity contribution in [2.75, 3.05) is 0 Å². The molecule has 0 spiro atoms. The van der Waals surface area contributed by atoms with E-state index in [1.807, 2.05) is 72.8 Å². The first-order valence-electron chi connectivity index (χ1n) is 10.4. The number of hydrogen-bond donors (Lipinski definition) is 2. The molecule has 0 fully saturated rings. The van der Waals surface area contributed by atoms with Crippen LogP contribution in [-0.4, -0.2) is 17.9 Å². The average Bonchev–Trinajstić information content (AvgIpc) is 2.77. The van der Waals surface area contributed by atoms with Gasteiger partial charge in [-0.05, 0) is 34.9 Å². The summed E-state index contributed by atoms with van der Waals surface area (Å²) in [5.74, 6) is -0.411. The summed E-state index contributed by atoms with van der Waals surface area (Å²) in [6, 6.07) is 22.9. The molecule has 0 aromatic heterocycles. The fourth-order valence-corrected chi connectivity index (χ4v) is 3.31. The Morgan fingerprint density at radius 2 is 1.67 bits per heavy atom. The van der Waals surface area contributed by atoms with Gasteiger partial charge in [0.05, 0.1) is 6.61 Å². The maximum Gasteiger partial charge on any atom is 0.251 e. The van der Waals surface area contributed by atoms with Crippen LogP contribution >= 0.6 is 0 Å². The van der Waals surface area contributed by atoms with Gasteiger partial charge < -0.3 is 5.32 Å². The number of nitrogens with one attached hydrogen (secondary N) is 2. The number of fused-ring (bicyclic) bond motifs is 1. The Kier molecular flexibility index (Phi) is 7.98. The lowest BCUT2D eigenvalue weighted by atomic mass is 10.0. The standard InChI is InChI=1S/C25H28N2O3/c1-2-3-13-23(17-24(28)27-30-18-19-9-5-4-6-10-19)26-25(29)22-15-14-20-11-7-8-12-21(20)16-22/h4-12,14-16,23H,2-3,13,17-18H2,1H3,(H,26,29)(H,27,28)/t23-/m0/s1. The van der Waals surface area contributed by atoms with Gasteiger partial charge in [-0.2, -0.15) is 0 Å². The van der Waals surface area contributed by atoms with Crippen molar-refractivity contribution in [3.8, 4) is 0 Å². The molecular weight excluding hydrogens is 376 g/mol. The summed E-state index contributed by atoms with van der Waals surface area (Å²) in [5, 5.41) is 5.12. The van der Waals surface area contributed by atoms with Gasteiger partial charge in [-0.15, -0.1) is 0 Å². The van der Waals surface area contributed by atoms with Gasteiger partial charge in [-0.1, -0.05) is 80.4 Å². The summed E-state index contributed by atoms with van der Waals surface area (Å²) in [5.41, 5.74) is 4.06. The lowest BCUT2D eigenvalue weighted by molar-refractivity contribution is -0.135. The third kappa shape index (κ3) is 6.42. The Hall–Kier alpha value is -3.18. The van der Waals surface area contributed by atoms with Gasteiger partial charge in [0, 0.05) is 18.0 Å². The van der Waals surface area contributed by atoms with Crippen LogP contribution in [0, 0.1) is 0 Å². The molecule has 3 rings (SSSR count). The van der Waals surface area contributed by atoms with Crippen LogP contribution in [0.2, 0.25) is 0 Å². The van der Waals surface area contributed by atoms with Gasteiger partial charge in [0.2, 0.25) is 5.91 Å². The molecule has 3 aromatic carbocycles. The summed E-state index contributed by atoms with van der Waals surface area (Å²) < 4.78 is 0. The van der Waals surface area contributed by atoms with Crippen LogP contribution in [0.4, 0.5) is 0 Å². The van der Waals surface area contributed by atoms with Crippen LogP contribution in [0.3, 0.4) is 0 Å². The number of benzene rings is 3. The van der Waals surface area contributed by atoms with Crippen LogP contribution in [0.5, 0.6) is 0 Å². The summed E-state index contributed by atoms with van der Waals surface area (Å²) in [6.45, 7) is 2.39. The van der Waals surface area contributed by atoms with Gasteiger partial charge in [-0.25, -0.2) is 5.48 Å². The first-order valence-corrected chi connectivity index (χ1v) is 10.4. The van der Waals surface area contributed by atoms with Gasteiger partial charge >= 0.3 is 0 Å². The van der Waals surface area contributed by atoms with Crippen LogP contribution in [0.1, 0.15) is 48.5 Å². The Bertz CT molecular complexity index is 972. The summed E-state index contributed by atoms with van der Waals surface area (Å²) >= 11 is 0. The van der Waals surface area contributed by atoms with E-state index in [-0.39, 0.29) is 24.3 Å². The molecule has 0 saturated carbocycles. The fraction of sp³-hybridized carbons (Fsp3) is 0.280. The zero-order chi connectivity index (χ0) is 21.2. The summed E-state index contributed by atoms with van der Waals surface area (Å²) in [7, 11) is 0. The number of carbonyl (C=O) groups is 2. The number of rotatable bonds is 10. The highest BCUT2D eigenvalue weighted by molar-refractivity contribution is 5.98. The molecule has 3 aromatic rings. The zero-order valence-electron chi connectivity index (χ0n) is 17.3. The number of unbranched alkanes of at least 4 members (excludes halogenated alkanes) is 1. The van der Waals surface area contributed by atoms with Gasteiger partial charge in [0.1, 0.15) is 0 Å². The Morgan fingerprint density at radius 1 is 0.933 bits per heavy atom. The zero-order valence-corrected chi connectivity index (χ0v) is 17.3. The predicted octanol–water partition coefficient (Wildman–Crippen LogP) is 4.77. The molecule has 1 atom stereocenters. The fourth-order valence-electron chi connectivity index (χ4n) is 3.31. The second kappa shape index (κ2) is 11.1. The van der Waals surface area contributed by atoms with Crippen LogP contribution in [0.15, 0.2) is 72.8 Å². The van der Waals surface area contributed by atoms with E-state index in [2.05, 4.69) is 17.7 Å². The molecule has 2 amide bonds. The highest BCUT2D eigenvalue weighted by Crippen LogP contribution is 2.16. The molecule has 2 N–H and O–H groups in total. The minimum atomic E-state index is -0.246. The first kappa shape index (κ1) is 21.5. The van der Waals surface area contributed by atoms with E-state index in [9.17, 15) is 9.59 Å². The number of hydrogen-bond acceptors (Lipinski definition) is 3. The molecule has 0 radical (unpaired) electrons. The highest BCUT2D eigenvalue weighted by atomic mass is 16.6. The molecule has 0 heterocycles. The van der Waals surface area contributed by atoms with Crippen LogP contribution < -0.4 is 10.8 Å². The topological polar surface area (TPSA) is 67.4 Å². The van der Waals surface area contributed by atoms with Crippen molar-refractivity contribution >= 4 is 22.6 Å². The summed E-state index contributed by atoms with van der Waals surface area (Å²) in [4.78, 5) is 30.4. The first-order chi connectivity index (χ1) is 14.7. The quantitative estimate of drug-likeness (QED) is 0.479. The minimum Gasteiger partial charge on any atom is -0.349 e. The van der Waals surface area contributed by atoms with E-state index in [1.54, 1.807) is 0 Å². The van der Waals surface area contributed by atoms with Crippen molar-refractivity contribution in [2.45, 2.75) is 45.3 Å². The molecule has 0 saturated heterocycles. The average molecular weight is 405 g/mol. The lowest BCUT2D eigenvalue weighted by Crippen LogP contribution is -2.39. The molecule has 156 valence electrons. The van der Waals surface area contributed by atoms with Crippen molar-refractivity contribution in [1.29, 1.82) is 0 Å². The Balaban J connectivity index is 1.55. The van der Waals surface area contributed by atoms with E-state index in [0.717, 1.165) is 35.6 Å². The van der Waals surface area contributed by atoms with E-state index in [1.165, 1.54) is 0 Å². The number of hydroxylamine groups is 1. The van der Waals surface area contributed by atoms with Crippen molar-refractivity contribution in [2.24, 2.45) is 0 Å². The molecule has 5 nitrogen and oxygen atoms in total. The normalized spacial score (nSPS) is 11.8. The monoisotopic (exact) mass is 404 g/mol. The van der Waals surface area contributed by atoms with Crippen molar-refractivity contribution in [1.82, 2.24) is 10.8 Å². The third-order valence-electron chi connectivity index (χ3n) is 4.95. The maximum absolute atomic E-state index is 12.8. The van der Waals surface area contributed by atoms with E-state index in [4.69, 9.17) is 4.84 Å². The molecule has 0 aliphatic rings. The second-order valence-corrected chi connectivity index (χ2v) is 7.38. The van der Waals surface area contributed by atoms with Crippen LogP contribution in [-0.2, 0) is 16.2 Å². The van der Waals surface area contributed by atoms with Gasteiger partial charge in [0.25, 0.3) is 5.91 Å². The lowest BCUT2D eigenvalue weighted by Gasteiger charge is -2.18. The largest absolute Gasteiger partial charge is 0.349 e. The molecule has 30 heavy (non-hydrogen) atoms. The second-order valence-electron chi connectivity index (χ2n) is 7.38. The Labute approximate surface area is 177 Å². The maximum atomic E-state index is 12.8. The minimum absolute atomic E-state index is 0.167. The van der Waals surface area contributed by atoms with Gasteiger partial charge in [0.15, 0.2) is 0 Å². The molecule has 0 aliphatic carbocycles. The van der Waals surface area contributed by atoms with Crippen molar-refractivity contribution in [3.63, 3.8) is 0 Å². The van der Waals surface area contributed by atoms with E-state index >= 15 is 0 Å². The van der Waals surface area contributed by atoms with Crippen LogP contribution in [0.25, 0.3) is 10.8 Å². The summed E-state index contributed by atoms with van der Waals surface area (Å²) in [6.07, 6.45) is 2.84. The van der Waals surface area contributed by atoms with Crippen molar-refractivity contribution < 1.29 is 14.4 Å². The number of amides is 2. The SMILES string of the molecule is CCCC[C@@H](CC(=O)NOCc1ccccc1)NC(=O)c1ccc2ccccc2c1. The molecular formula is C25H28N2O3. The molecule has 0 aliphatic heterocycles. The number of carbonyl (C=O) groups excluding carboxylic acids is 2. The molecule has 0 unspecified atom stereocenters. The molecule has 0 bridgehead atoms. The van der Waals surface area contributed by atoms with E-state index < -0.39 is 0 Å². The van der Waals surface area contributed by atoms with E-state index in [0.29, 0.717) is 12.2 Å². The predicted molar refractivity (Wildman–Crippen MR) is 119 cm³/mol. The Morgan fingerprint density at radius 3 is 2.43 bits per heavy atom. The van der Waals surface area contributed by atoms with Crippen molar-refractivity contribution in [3.05, 3.63) is 83.9 Å². The molecule has 5 heteroatoms. The van der Waals surface area contributed by atoms with Gasteiger partial charge in [-0.3, -0.25) is 14.4 Å². The highest BCUT2D eigenvalue weighted by Gasteiger charge is 2.17.